The number of likely N-dealkylation sites (tertiary alicyclic amines) is 1. The highest BCUT2D eigenvalue weighted by molar-refractivity contribution is 7.20. The lowest BCUT2D eigenvalue weighted by atomic mass is 10.1. The van der Waals surface area contributed by atoms with E-state index in [1.165, 1.54) is 16.2 Å². The van der Waals surface area contributed by atoms with Crippen LogP contribution < -0.4 is 5.32 Å². The van der Waals surface area contributed by atoms with Crippen LogP contribution in [0.25, 0.3) is 10.1 Å². The van der Waals surface area contributed by atoms with Crippen molar-refractivity contribution in [2.75, 3.05) is 19.6 Å². The van der Waals surface area contributed by atoms with Crippen molar-refractivity contribution in [3.63, 3.8) is 0 Å². The summed E-state index contributed by atoms with van der Waals surface area (Å²) in [6.07, 6.45) is 0. The van der Waals surface area contributed by atoms with Crippen molar-refractivity contribution in [3.8, 4) is 0 Å². The summed E-state index contributed by atoms with van der Waals surface area (Å²) in [4.78, 5) is 39.2. The van der Waals surface area contributed by atoms with Gasteiger partial charge in [-0.15, -0.1) is 11.3 Å². The van der Waals surface area contributed by atoms with Gasteiger partial charge in [0, 0.05) is 17.8 Å². The second kappa shape index (κ2) is 4.81. The number of carbonyl (C=O) groups excluding carboxylic acids is 3. The molecule has 3 heterocycles. The average Bonchev–Trinajstić information content (AvgIpc) is 3.03. The topological polar surface area (TPSA) is 69.7 Å². The molecule has 2 saturated heterocycles. The van der Waals surface area contributed by atoms with Crippen LogP contribution in [-0.2, 0) is 4.79 Å². The average molecular weight is 315 g/mol. The van der Waals surface area contributed by atoms with Crippen molar-refractivity contribution in [3.05, 3.63) is 35.2 Å². The van der Waals surface area contributed by atoms with E-state index in [-0.39, 0.29) is 30.4 Å². The number of amides is 4. The Bertz CT molecular complexity index is 745. The first-order valence-electron chi connectivity index (χ1n) is 7.01. The largest absolute Gasteiger partial charge is 0.334 e. The normalized spacial score (nSPS) is 18.7. The molecule has 0 atom stereocenters. The molecule has 0 bridgehead atoms. The zero-order valence-corrected chi connectivity index (χ0v) is 12.4. The van der Waals surface area contributed by atoms with Gasteiger partial charge in [0.25, 0.3) is 5.91 Å². The third-order valence-corrected chi connectivity index (χ3v) is 5.13. The summed E-state index contributed by atoms with van der Waals surface area (Å²) in [7, 11) is 0. The maximum absolute atomic E-state index is 12.5. The monoisotopic (exact) mass is 315 g/mol. The Hall–Kier alpha value is -2.41. The van der Waals surface area contributed by atoms with Crippen LogP contribution in [0.1, 0.15) is 9.67 Å². The predicted molar refractivity (Wildman–Crippen MR) is 81.8 cm³/mol. The van der Waals surface area contributed by atoms with Crippen molar-refractivity contribution in [1.82, 2.24) is 15.1 Å². The maximum atomic E-state index is 12.5. The number of thiophene rings is 1. The molecule has 1 N–H and O–H groups in total. The van der Waals surface area contributed by atoms with Crippen LogP contribution in [0.15, 0.2) is 30.3 Å². The van der Waals surface area contributed by atoms with Gasteiger partial charge in [0.15, 0.2) is 0 Å². The SMILES string of the molecule is O=C(c1cc2ccccc2s1)N1CC(N2C(=O)CNC2=O)C1. The molecule has 2 aromatic rings. The van der Waals surface area contributed by atoms with Gasteiger partial charge in [0.05, 0.1) is 17.5 Å². The molecule has 0 spiro atoms. The zero-order chi connectivity index (χ0) is 15.3. The molecule has 2 aliphatic rings. The summed E-state index contributed by atoms with van der Waals surface area (Å²) in [5.41, 5.74) is 0. The van der Waals surface area contributed by atoms with E-state index < -0.39 is 0 Å². The Morgan fingerprint density at radius 2 is 2.00 bits per heavy atom. The standard InChI is InChI=1S/C15H13N3O3S/c19-13-6-16-15(21)18(13)10-7-17(8-10)14(20)12-5-9-3-1-2-4-11(9)22-12/h1-5,10H,6-8H2,(H,16,21). The minimum absolute atomic E-state index is 0.0375. The van der Waals surface area contributed by atoms with Gasteiger partial charge in [0.2, 0.25) is 5.91 Å². The summed E-state index contributed by atoms with van der Waals surface area (Å²) in [5.74, 6) is -0.256. The summed E-state index contributed by atoms with van der Waals surface area (Å²) >= 11 is 1.47. The van der Waals surface area contributed by atoms with E-state index in [0.717, 1.165) is 10.1 Å². The van der Waals surface area contributed by atoms with Gasteiger partial charge >= 0.3 is 6.03 Å². The fraction of sp³-hybridized carbons (Fsp3) is 0.267. The molecule has 2 aliphatic heterocycles. The second-order valence-corrected chi connectivity index (χ2v) is 6.52. The van der Waals surface area contributed by atoms with Crippen LogP contribution in [0, 0.1) is 0 Å². The molecule has 1 aromatic heterocycles. The molecule has 4 amide bonds. The number of nitrogens with one attached hydrogen (secondary N) is 1. The van der Waals surface area contributed by atoms with E-state index in [9.17, 15) is 14.4 Å². The van der Waals surface area contributed by atoms with Crippen LogP contribution in [0.4, 0.5) is 4.79 Å². The van der Waals surface area contributed by atoms with Gasteiger partial charge in [-0.3, -0.25) is 14.5 Å². The fourth-order valence-corrected chi connectivity index (χ4v) is 3.86. The molecule has 7 heteroatoms. The smallest absolute Gasteiger partial charge is 0.324 e. The molecule has 4 rings (SSSR count). The number of hydrogen-bond donors (Lipinski definition) is 1. The highest BCUT2D eigenvalue weighted by Crippen LogP contribution is 2.28. The number of hydrogen-bond acceptors (Lipinski definition) is 4. The molecule has 0 radical (unpaired) electrons. The molecule has 112 valence electrons. The van der Waals surface area contributed by atoms with Crippen molar-refractivity contribution < 1.29 is 14.4 Å². The van der Waals surface area contributed by atoms with E-state index >= 15 is 0 Å². The number of benzene rings is 1. The zero-order valence-electron chi connectivity index (χ0n) is 11.6. The van der Waals surface area contributed by atoms with Crippen LogP contribution in [0.5, 0.6) is 0 Å². The highest BCUT2D eigenvalue weighted by Gasteiger charge is 2.43. The van der Waals surface area contributed by atoms with Crippen LogP contribution in [0.2, 0.25) is 0 Å². The summed E-state index contributed by atoms with van der Waals surface area (Å²) in [6.45, 7) is 0.873. The molecule has 22 heavy (non-hydrogen) atoms. The minimum Gasteiger partial charge on any atom is -0.334 e. The third-order valence-electron chi connectivity index (χ3n) is 4.03. The van der Waals surface area contributed by atoms with Gasteiger partial charge in [0.1, 0.15) is 0 Å². The number of nitrogens with zero attached hydrogens (tertiary/aromatic N) is 2. The number of fused-ring (bicyclic) bond motifs is 1. The Morgan fingerprint density at radius 3 is 2.68 bits per heavy atom. The molecular formula is C15H13N3O3S. The molecule has 6 nitrogen and oxygen atoms in total. The van der Waals surface area contributed by atoms with Crippen LogP contribution in [0.3, 0.4) is 0 Å². The lowest BCUT2D eigenvalue weighted by Crippen LogP contribution is -2.62. The number of carbonyl (C=O) groups is 3. The van der Waals surface area contributed by atoms with Gasteiger partial charge < -0.3 is 10.2 Å². The first-order chi connectivity index (χ1) is 10.6. The van der Waals surface area contributed by atoms with Gasteiger partial charge in [-0.1, -0.05) is 18.2 Å². The van der Waals surface area contributed by atoms with E-state index in [0.29, 0.717) is 18.0 Å². The minimum atomic E-state index is -0.357. The Morgan fingerprint density at radius 1 is 1.23 bits per heavy atom. The van der Waals surface area contributed by atoms with E-state index in [1.807, 2.05) is 30.3 Å². The first kappa shape index (κ1) is 13.3. The van der Waals surface area contributed by atoms with Gasteiger partial charge in [-0.05, 0) is 17.5 Å². The molecule has 1 aromatic carbocycles. The Labute approximate surface area is 130 Å². The lowest BCUT2D eigenvalue weighted by molar-refractivity contribution is -0.128. The third kappa shape index (κ3) is 1.97. The van der Waals surface area contributed by atoms with E-state index in [2.05, 4.69) is 5.32 Å². The Balaban J connectivity index is 1.47. The van der Waals surface area contributed by atoms with E-state index in [4.69, 9.17) is 0 Å². The molecule has 0 aliphatic carbocycles. The summed E-state index contributed by atoms with van der Waals surface area (Å²) < 4.78 is 1.08. The first-order valence-corrected chi connectivity index (χ1v) is 7.83. The van der Waals surface area contributed by atoms with Crippen LogP contribution >= 0.6 is 11.3 Å². The van der Waals surface area contributed by atoms with Crippen molar-refractivity contribution in [2.24, 2.45) is 0 Å². The predicted octanol–water partition coefficient (Wildman–Crippen LogP) is 1.28. The molecule has 0 unspecified atom stereocenters. The number of urea groups is 1. The molecule has 2 fully saturated rings. The summed E-state index contributed by atoms with van der Waals surface area (Å²) in [6, 6.07) is 9.20. The fourth-order valence-electron chi connectivity index (χ4n) is 2.83. The second-order valence-electron chi connectivity index (χ2n) is 5.43. The summed E-state index contributed by atoms with van der Waals surface area (Å²) in [5, 5.41) is 3.56. The molecular weight excluding hydrogens is 302 g/mol. The van der Waals surface area contributed by atoms with Crippen molar-refractivity contribution >= 4 is 39.3 Å². The maximum Gasteiger partial charge on any atom is 0.324 e. The van der Waals surface area contributed by atoms with Crippen molar-refractivity contribution in [2.45, 2.75) is 6.04 Å². The number of imide groups is 1. The highest BCUT2D eigenvalue weighted by atomic mass is 32.1. The number of rotatable bonds is 2. The quantitative estimate of drug-likeness (QED) is 0.849. The van der Waals surface area contributed by atoms with Crippen LogP contribution in [-0.4, -0.2) is 53.3 Å². The van der Waals surface area contributed by atoms with Gasteiger partial charge in [-0.25, -0.2) is 4.79 Å². The van der Waals surface area contributed by atoms with Crippen molar-refractivity contribution in [1.29, 1.82) is 0 Å². The lowest BCUT2D eigenvalue weighted by Gasteiger charge is -2.42. The Kier molecular flexibility index (Phi) is 2.90. The van der Waals surface area contributed by atoms with Gasteiger partial charge in [-0.2, -0.15) is 0 Å². The van der Waals surface area contributed by atoms with E-state index in [1.54, 1.807) is 4.90 Å². The molecule has 0 saturated carbocycles.